The first kappa shape index (κ1) is 22.7. The average Bonchev–Trinajstić information content (AvgIpc) is 3.22. The zero-order valence-electron chi connectivity index (χ0n) is 17.9. The predicted octanol–water partition coefficient (Wildman–Crippen LogP) is 4.60. The lowest BCUT2D eigenvalue weighted by atomic mass is 10.1. The zero-order valence-corrected chi connectivity index (χ0v) is 18.8. The second kappa shape index (κ2) is 10.9. The number of aryl methyl sites for hydroxylation is 1. The normalized spacial score (nSPS) is 11.7. The van der Waals surface area contributed by atoms with Crippen molar-refractivity contribution in [3.8, 4) is 5.75 Å². The van der Waals surface area contributed by atoms with E-state index < -0.39 is 0 Å². The number of hydrogen-bond donors (Lipinski definition) is 2. The van der Waals surface area contributed by atoms with E-state index >= 15 is 0 Å². The first-order valence-electron chi connectivity index (χ1n) is 10.2. The Balaban J connectivity index is 1.47. The highest BCUT2D eigenvalue weighted by atomic mass is 32.1. The molecule has 0 fully saturated rings. The Morgan fingerprint density at radius 2 is 2.00 bits per heavy atom. The van der Waals surface area contributed by atoms with Gasteiger partial charge in [0.15, 0.2) is 0 Å². The van der Waals surface area contributed by atoms with Gasteiger partial charge in [-0.1, -0.05) is 19.1 Å². The molecular weight excluding hydrogens is 415 g/mol. The lowest BCUT2D eigenvalue weighted by molar-refractivity contribution is 0.0934. The Kier molecular flexibility index (Phi) is 7.94. The number of halogens is 1. The van der Waals surface area contributed by atoms with Gasteiger partial charge in [-0.25, -0.2) is 9.37 Å². The molecular formula is C23H27FN4O2S. The van der Waals surface area contributed by atoms with Crippen LogP contribution in [-0.4, -0.2) is 35.0 Å². The molecule has 8 heteroatoms. The van der Waals surface area contributed by atoms with E-state index in [-0.39, 0.29) is 17.8 Å². The molecule has 6 nitrogen and oxygen atoms in total. The monoisotopic (exact) mass is 442 g/mol. The van der Waals surface area contributed by atoms with E-state index in [0.29, 0.717) is 29.9 Å². The van der Waals surface area contributed by atoms with E-state index in [1.54, 1.807) is 44.4 Å². The third-order valence-corrected chi connectivity index (χ3v) is 5.71. The molecule has 1 atom stereocenters. The van der Waals surface area contributed by atoms with Crippen LogP contribution in [-0.2, 0) is 6.42 Å². The van der Waals surface area contributed by atoms with Crippen molar-refractivity contribution >= 4 is 22.6 Å². The van der Waals surface area contributed by atoms with E-state index in [9.17, 15) is 9.18 Å². The number of nitrogens with zero attached hydrogens (tertiary/aromatic N) is 2. The van der Waals surface area contributed by atoms with Gasteiger partial charge in [0.05, 0.1) is 7.11 Å². The highest BCUT2D eigenvalue weighted by Crippen LogP contribution is 2.17. The molecule has 1 unspecified atom stereocenters. The highest BCUT2D eigenvalue weighted by molar-refractivity contribution is 7.09. The van der Waals surface area contributed by atoms with Crippen molar-refractivity contribution in [3.63, 3.8) is 0 Å². The van der Waals surface area contributed by atoms with Crippen molar-refractivity contribution < 1.29 is 13.9 Å². The highest BCUT2D eigenvalue weighted by Gasteiger charge is 2.13. The van der Waals surface area contributed by atoms with Gasteiger partial charge in [-0.2, -0.15) is 4.37 Å². The van der Waals surface area contributed by atoms with Crippen molar-refractivity contribution in [2.24, 2.45) is 0 Å². The third-order valence-electron chi connectivity index (χ3n) is 5.00. The third kappa shape index (κ3) is 6.49. The van der Waals surface area contributed by atoms with Crippen molar-refractivity contribution in [1.82, 2.24) is 14.7 Å². The Morgan fingerprint density at radius 1 is 1.23 bits per heavy atom. The van der Waals surface area contributed by atoms with E-state index in [1.165, 1.54) is 17.6 Å². The fraction of sp³-hybridized carbons (Fsp3) is 0.348. The quantitative estimate of drug-likeness (QED) is 0.480. The first-order chi connectivity index (χ1) is 15.0. The van der Waals surface area contributed by atoms with Crippen LogP contribution in [0.2, 0.25) is 0 Å². The summed E-state index contributed by atoms with van der Waals surface area (Å²) < 4.78 is 22.9. The van der Waals surface area contributed by atoms with Gasteiger partial charge in [0.25, 0.3) is 5.91 Å². The second-order valence-corrected chi connectivity index (χ2v) is 8.05. The summed E-state index contributed by atoms with van der Waals surface area (Å²) in [5, 5.41) is 7.09. The van der Waals surface area contributed by atoms with E-state index in [2.05, 4.69) is 20.0 Å². The number of ether oxygens (including phenoxy) is 1. The second-order valence-electron chi connectivity index (χ2n) is 7.30. The minimum atomic E-state index is -0.207. The average molecular weight is 443 g/mol. The number of carbonyl (C=O) groups is 1. The maximum atomic E-state index is 13.4. The lowest BCUT2D eigenvalue weighted by Crippen LogP contribution is -2.35. The molecule has 0 aliphatic carbocycles. The van der Waals surface area contributed by atoms with E-state index in [1.807, 2.05) is 13.0 Å². The summed E-state index contributed by atoms with van der Waals surface area (Å²) in [7, 11) is 1.60. The molecule has 0 radical (unpaired) electrons. The summed E-state index contributed by atoms with van der Waals surface area (Å²) in [4.78, 5) is 17.0. The number of methoxy groups -OCH3 is 1. The number of carbonyl (C=O) groups excluding carboxylic acids is 1. The molecule has 0 spiro atoms. The van der Waals surface area contributed by atoms with Crippen LogP contribution in [0.3, 0.4) is 0 Å². The van der Waals surface area contributed by atoms with Crippen LogP contribution in [0.4, 0.5) is 9.52 Å². The van der Waals surface area contributed by atoms with E-state index in [0.717, 1.165) is 29.3 Å². The summed E-state index contributed by atoms with van der Waals surface area (Å²) in [5.74, 6) is 1.13. The van der Waals surface area contributed by atoms with Crippen molar-refractivity contribution in [2.45, 2.75) is 39.2 Å². The smallest absolute Gasteiger partial charge is 0.251 e. The van der Waals surface area contributed by atoms with Crippen molar-refractivity contribution in [3.05, 3.63) is 70.8 Å². The molecule has 164 valence electrons. The molecule has 0 saturated carbocycles. The molecule has 3 rings (SSSR count). The summed E-state index contributed by atoms with van der Waals surface area (Å²) in [6, 6.07) is 12.2. The minimum Gasteiger partial charge on any atom is -0.497 e. The molecule has 2 N–H and O–H groups in total. The van der Waals surface area contributed by atoms with Gasteiger partial charge >= 0.3 is 0 Å². The Labute approximate surface area is 186 Å². The summed E-state index contributed by atoms with van der Waals surface area (Å²) in [6.45, 7) is 4.47. The van der Waals surface area contributed by atoms with Gasteiger partial charge in [0.1, 0.15) is 17.4 Å². The number of rotatable bonds is 10. The lowest BCUT2D eigenvalue weighted by Gasteiger charge is -2.17. The number of nitrogens with one attached hydrogen (secondary N) is 2. The summed E-state index contributed by atoms with van der Waals surface area (Å²) >= 11 is 1.30. The van der Waals surface area contributed by atoms with Gasteiger partial charge in [-0.15, -0.1) is 0 Å². The van der Waals surface area contributed by atoms with Crippen LogP contribution >= 0.6 is 11.5 Å². The van der Waals surface area contributed by atoms with Crippen LogP contribution in [0.1, 0.15) is 47.1 Å². The fourth-order valence-corrected chi connectivity index (χ4v) is 3.75. The number of amides is 1. The summed E-state index contributed by atoms with van der Waals surface area (Å²) in [6.07, 6.45) is 2.16. The molecule has 1 amide bonds. The number of hydrogen-bond acceptors (Lipinski definition) is 6. The maximum absolute atomic E-state index is 13.4. The van der Waals surface area contributed by atoms with Crippen LogP contribution in [0.15, 0.2) is 42.5 Å². The van der Waals surface area contributed by atoms with Crippen LogP contribution in [0, 0.1) is 12.7 Å². The number of aromatic nitrogens is 2. The molecule has 0 aliphatic rings. The molecule has 3 aromatic rings. The number of anilines is 1. The Bertz CT molecular complexity index is 1010. The first-order valence-corrected chi connectivity index (χ1v) is 11.0. The SMILES string of the molecule is CCC(CCNc1nc(Cc2ccc(F)c(C)c2)ns1)NC(=O)c1ccc(OC)cc1. The zero-order chi connectivity index (χ0) is 22.2. The van der Waals surface area contributed by atoms with Crippen LogP contribution in [0.25, 0.3) is 0 Å². The predicted molar refractivity (Wildman–Crippen MR) is 121 cm³/mol. The molecule has 1 aromatic heterocycles. The molecule has 0 saturated heterocycles. The minimum absolute atomic E-state index is 0.0525. The largest absolute Gasteiger partial charge is 0.497 e. The van der Waals surface area contributed by atoms with Crippen LogP contribution < -0.4 is 15.4 Å². The number of benzene rings is 2. The molecule has 0 aliphatic heterocycles. The van der Waals surface area contributed by atoms with Crippen molar-refractivity contribution in [1.29, 1.82) is 0 Å². The van der Waals surface area contributed by atoms with Crippen LogP contribution in [0.5, 0.6) is 5.75 Å². The molecule has 2 aromatic carbocycles. The molecule has 0 bridgehead atoms. The topological polar surface area (TPSA) is 76.1 Å². The van der Waals surface area contributed by atoms with E-state index in [4.69, 9.17) is 4.74 Å². The van der Waals surface area contributed by atoms with Crippen molar-refractivity contribution in [2.75, 3.05) is 19.0 Å². The van der Waals surface area contributed by atoms with Gasteiger partial charge in [-0.3, -0.25) is 4.79 Å². The standard InChI is InChI=1S/C23H27FN4O2S/c1-4-18(26-22(29)17-6-8-19(30-3)9-7-17)11-12-25-23-27-21(28-31-23)14-16-5-10-20(24)15(2)13-16/h5-10,13,18H,4,11-12,14H2,1-3H3,(H,26,29)(H,25,27,28). The van der Waals surface area contributed by atoms with Gasteiger partial charge in [0.2, 0.25) is 5.13 Å². The molecule has 1 heterocycles. The maximum Gasteiger partial charge on any atom is 0.251 e. The fourth-order valence-electron chi connectivity index (χ4n) is 3.14. The Morgan fingerprint density at radius 3 is 2.68 bits per heavy atom. The molecule has 31 heavy (non-hydrogen) atoms. The summed E-state index contributed by atoms with van der Waals surface area (Å²) in [5.41, 5.74) is 2.21. The van der Waals surface area contributed by atoms with Gasteiger partial charge < -0.3 is 15.4 Å². The van der Waals surface area contributed by atoms with Gasteiger partial charge in [0, 0.05) is 36.1 Å². The Hall–Kier alpha value is -3.00. The van der Waals surface area contributed by atoms with Gasteiger partial charge in [-0.05, 0) is 61.2 Å².